The molecule has 0 atom stereocenters. The number of imide groups is 1. The molecule has 0 unspecified atom stereocenters. The lowest BCUT2D eigenvalue weighted by Crippen LogP contribution is -2.38. The van der Waals surface area contributed by atoms with Gasteiger partial charge in [-0.2, -0.15) is 9.97 Å². The van der Waals surface area contributed by atoms with Crippen molar-refractivity contribution in [1.29, 1.82) is 0 Å². The van der Waals surface area contributed by atoms with Gasteiger partial charge in [-0.3, -0.25) is 33.9 Å². The van der Waals surface area contributed by atoms with Crippen LogP contribution in [0.15, 0.2) is 73.6 Å². The molecule has 24 nitrogen and oxygen atoms in total. The first-order valence-electron chi connectivity index (χ1n) is 29.4. The summed E-state index contributed by atoms with van der Waals surface area (Å²) in [7, 11) is 0. The number of halogens is 3. The van der Waals surface area contributed by atoms with E-state index in [1.165, 1.54) is 56.4 Å². The molecule has 1 saturated heterocycles. The highest BCUT2D eigenvalue weighted by Crippen LogP contribution is 2.40. The average molecular weight is 1290 g/mol. The van der Waals surface area contributed by atoms with Crippen molar-refractivity contribution in [2.45, 2.75) is 149 Å². The number of carbonyl (C=O) groups excluding carboxylic acids is 6. The van der Waals surface area contributed by atoms with Crippen LogP contribution in [0.1, 0.15) is 141 Å². The summed E-state index contributed by atoms with van der Waals surface area (Å²) in [5.41, 5.74) is 8.51. The van der Waals surface area contributed by atoms with Gasteiger partial charge in [0.15, 0.2) is 17.5 Å². The first-order chi connectivity index (χ1) is 42.5. The summed E-state index contributed by atoms with van der Waals surface area (Å²) in [5.74, 6) is 0.710. The monoisotopic (exact) mass is 1290 g/mol. The van der Waals surface area contributed by atoms with Crippen LogP contribution in [0.25, 0.3) is 43.9 Å². The zero-order chi connectivity index (χ0) is 62.0. The van der Waals surface area contributed by atoms with Crippen LogP contribution in [0.5, 0.6) is 0 Å². The zero-order valence-electron chi connectivity index (χ0n) is 49.2. The van der Waals surface area contributed by atoms with Gasteiger partial charge in [0.2, 0.25) is 11.9 Å². The molecule has 2 saturated carbocycles. The first kappa shape index (κ1) is 67.7. The van der Waals surface area contributed by atoms with E-state index in [2.05, 4.69) is 80.6 Å². The normalized spacial score (nSPS) is 18.5. The van der Waals surface area contributed by atoms with Gasteiger partial charge in [0, 0.05) is 136 Å². The number of amides is 3. The Kier molecular flexibility index (Phi) is 23.3. The molecule has 3 amide bonds. The molecule has 8 aromatic heterocycles. The standard InChI is InChI=1S/C28H31N7O3.C24H27N7.C8H9NO6.CHCl3.2CH4/c1-17-3-6-20(7-4-17)35-24-14-29-11-9-21(24)22-13-30-28(33-27(22)35)32-25-8-5-19-15-34(12-10-23(19)31-25)26(37)16-38-18(2)36;1-15-2-5-17(6-3-15)31-21-14-26-10-8-18(21)19-13-27-24(30-23(19)31)29-22-7-4-16-12-25-11-9-20(16)28-22;1-5(10)14-4-8(13)15-9-6(11)2-3-7(9)12;2-1(3)4;;/h5,8-9,11,13-14,17,20H,3-4,6-7,10,12,15-16H2,1-2H3,(H,30,31,32,33);4,7-8,10,13-15,17,25H,2-3,5-6,9,11-12H2,1H3,(H,27,28,29,30);2-4H2,1H3;1H;2*1H4. The van der Waals surface area contributed by atoms with Crippen LogP contribution >= 0.6 is 34.8 Å². The van der Waals surface area contributed by atoms with Crippen LogP contribution in [-0.2, 0) is 69.0 Å². The van der Waals surface area contributed by atoms with Gasteiger partial charge in [-0.05, 0) is 98.6 Å². The fourth-order valence-electron chi connectivity index (χ4n) is 11.7. The van der Waals surface area contributed by atoms with Crippen molar-refractivity contribution < 1.29 is 43.1 Å². The molecule has 13 rings (SSSR count). The Morgan fingerprint density at radius 3 is 1.59 bits per heavy atom. The molecule has 90 heavy (non-hydrogen) atoms. The van der Waals surface area contributed by atoms with Crippen molar-refractivity contribution in [1.82, 2.24) is 64.3 Å². The number of hydroxylamine groups is 2. The molecule has 2 aliphatic carbocycles. The van der Waals surface area contributed by atoms with Crippen molar-refractivity contribution in [3.05, 3.63) is 96.1 Å². The summed E-state index contributed by atoms with van der Waals surface area (Å²) in [5, 5.41) is 14.8. The van der Waals surface area contributed by atoms with E-state index in [0.717, 1.165) is 112 Å². The highest BCUT2D eigenvalue weighted by atomic mass is 35.6. The second-order valence-corrected chi connectivity index (χ2v) is 24.4. The second-order valence-electron chi connectivity index (χ2n) is 22.4. The lowest BCUT2D eigenvalue weighted by molar-refractivity contribution is -0.200. The molecule has 0 bridgehead atoms. The largest absolute Gasteiger partial charge is 0.456 e. The fraction of sp³-hybridized carbons (Fsp3) is 0.460. The molecule has 0 aromatic carbocycles. The minimum Gasteiger partial charge on any atom is -0.456 e. The zero-order valence-corrected chi connectivity index (χ0v) is 51.5. The number of alkyl halides is 3. The van der Waals surface area contributed by atoms with Crippen LogP contribution < -0.4 is 16.0 Å². The molecule has 3 fully saturated rings. The van der Waals surface area contributed by atoms with Crippen molar-refractivity contribution >= 4 is 138 Å². The molecule has 3 aliphatic heterocycles. The van der Waals surface area contributed by atoms with E-state index in [-0.39, 0.29) is 40.2 Å². The highest BCUT2D eigenvalue weighted by Gasteiger charge is 2.33. The number of hydrogen-bond acceptors (Lipinski definition) is 20. The van der Waals surface area contributed by atoms with Gasteiger partial charge >= 0.3 is 17.9 Å². The number of aromatic nitrogens is 10. The average Bonchev–Trinajstić information content (AvgIpc) is 1.62. The highest BCUT2D eigenvalue weighted by molar-refractivity contribution is 6.63. The fourth-order valence-corrected chi connectivity index (χ4v) is 11.7. The van der Waals surface area contributed by atoms with E-state index in [1.54, 1.807) is 4.90 Å². The number of ether oxygens (including phenoxy) is 2. The molecule has 478 valence electrons. The Morgan fingerprint density at radius 1 is 0.611 bits per heavy atom. The maximum absolute atomic E-state index is 12.3. The smallest absolute Gasteiger partial charge is 0.370 e. The summed E-state index contributed by atoms with van der Waals surface area (Å²) in [4.78, 5) is 110. The number of rotatable bonds is 11. The summed E-state index contributed by atoms with van der Waals surface area (Å²) >= 11 is 14.4. The maximum Gasteiger partial charge on any atom is 0.370 e. The number of nitrogens with one attached hydrogen (secondary N) is 3. The van der Waals surface area contributed by atoms with Gasteiger partial charge in [-0.1, -0.05) is 75.6 Å². The van der Waals surface area contributed by atoms with Crippen LogP contribution in [0.2, 0.25) is 0 Å². The Balaban J connectivity index is 0.000000180. The minimum atomic E-state index is -0.964. The predicted molar refractivity (Wildman–Crippen MR) is 344 cm³/mol. The number of pyridine rings is 4. The molecule has 8 aromatic rings. The topological polar surface area (TPSA) is 286 Å². The van der Waals surface area contributed by atoms with Gasteiger partial charge in [0.05, 0.1) is 23.4 Å². The van der Waals surface area contributed by atoms with E-state index in [9.17, 15) is 28.8 Å². The van der Waals surface area contributed by atoms with Gasteiger partial charge in [-0.15, -0.1) is 5.06 Å². The van der Waals surface area contributed by atoms with Gasteiger partial charge < -0.3 is 44.3 Å². The van der Waals surface area contributed by atoms with Gasteiger partial charge in [-0.25, -0.2) is 24.7 Å². The summed E-state index contributed by atoms with van der Waals surface area (Å²) < 4.78 is 13.2. The SMILES string of the molecule is C.C.CC(=O)OCC(=O)N1CCc2nc(Nc3ncc4c5ccncc5n(C5CCC(C)CC5)c4n3)ccc2C1.CC(=O)OCC(=O)ON1C(=O)CCC1=O.CC1CCC(n2c3cnccc3c3cnc(Nc4ccc5c(n4)CCNC5)nc32)CC1.ClC(Cl)Cl. The Hall–Kier alpha value is -8.19. The Morgan fingerprint density at radius 2 is 1.09 bits per heavy atom. The molecular weight excluding hydrogens is 1220 g/mol. The third-order valence-electron chi connectivity index (χ3n) is 16.2. The number of hydrogen-bond donors (Lipinski definition) is 3. The molecule has 27 heteroatoms. The quantitative estimate of drug-likeness (QED) is 0.0616. The van der Waals surface area contributed by atoms with Crippen LogP contribution in [0, 0.1) is 11.8 Å². The van der Waals surface area contributed by atoms with Crippen LogP contribution in [0.4, 0.5) is 23.5 Å². The van der Waals surface area contributed by atoms with E-state index in [1.807, 2.05) is 61.4 Å². The van der Waals surface area contributed by atoms with Gasteiger partial charge in [0.25, 0.3) is 17.7 Å². The van der Waals surface area contributed by atoms with E-state index < -0.39 is 40.6 Å². The predicted octanol–water partition coefficient (Wildman–Crippen LogP) is 11.2. The first-order valence-corrected chi connectivity index (χ1v) is 30.7. The number of esters is 2. The Labute approximate surface area is 536 Å². The van der Waals surface area contributed by atoms with E-state index >= 15 is 0 Å². The van der Waals surface area contributed by atoms with Gasteiger partial charge in [0.1, 0.15) is 22.9 Å². The van der Waals surface area contributed by atoms with E-state index in [0.29, 0.717) is 54.4 Å². The van der Waals surface area contributed by atoms with Crippen molar-refractivity contribution in [2.75, 3.05) is 36.9 Å². The van der Waals surface area contributed by atoms with Crippen molar-refractivity contribution in [3.63, 3.8) is 0 Å². The van der Waals surface area contributed by atoms with Crippen LogP contribution in [-0.4, -0.2) is 125 Å². The van der Waals surface area contributed by atoms with Crippen molar-refractivity contribution in [2.24, 2.45) is 11.8 Å². The third kappa shape index (κ3) is 16.6. The second kappa shape index (κ2) is 31.0. The maximum atomic E-state index is 12.3. The lowest BCUT2D eigenvalue weighted by Gasteiger charge is -2.28. The molecular formula is C63H76Cl3N15O9. The number of nitrogens with zero attached hydrogens (tertiary/aromatic N) is 12. The van der Waals surface area contributed by atoms with Crippen LogP contribution in [0.3, 0.4) is 0 Å². The third-order valence-corrected chi connectivity index (χ3v) is 16.2. The molecule has 3 N–H and O–H groups in total. The molecule has 0 radical (unpaired) electrons. The summed E-state index contributed by atoms with van der Waals surface area (Å²) in [6.45, 7) is 9.09. The van der Waals surface area contributed by atoms with Crippen molar-refractivity contribution in [3.8, 4) is 0 Å². The molecule has 5 aliphatic rings. The number of fused-ring (bicyclic) bond motifs is 8. The minimum absolute atomic E-state index is 0. The lowest BCUT2D eigenvalue weighted by atomic mass is 9.87. The Bertz CT molecular complexity index is 3870. The molecule has 11 heterocycles. The summed E-state index contributed by atoms with van der Waals surface area (Å²) in [6.07, 6.45) is 22.6. The number of anilines is 4. The number of carbonyl (C=O) groups is 6. The van der Waals surface area contributed by atoms with E-state index in [4.69, 9.17) is 59.5 Å². The molecule has 0 spiro atoms. The summed E-state index contributed by atoms with van der Waals surface area (Å²) in [6, 6.07) is 13.0.